The molecule has 8 nitrogen and oxygen atoms in total. The first-order valence-corrected chi connectivity index (χ1v) is 9.98. The number of ether oxygens (including phenoxy) is 1. The van der Waals surface area contributed by atoms with Crippen LogP contribution in [0.4, 0.5) is 0 Å². The molecule has 0 aliphatic heterocycles. The third-order valence-corrected chi connectivity index (χ3v) is 6.69. The molecule has 0 spiro atoms. The monoisotopic (exact) mass is 423 g/mol. The number of nitrogens with zero attached hydrogens (tertiary/aromatic N) is 2. The minimum Gasteiger partial charge on any atom is -0.497 e. The number of aromatic nitrogens is 2. The molecule has 0 unspecified atom stereocenters. The van der Waals surface area contributed by atoms with Gasteiger partial charge in [-0.3, -0.25) is 0 Å². The lowest BCUT2D eigenvalue weighted by molar-refractivity contribution is 0.0699. The van der Waals surface area contributed by atoms with Gasteiger partial charge in [-0.1, -0.05) is 17.7 Å². The van der Waals surface area contributed by atoms with Crippen LogP contribution >= 0.6 is 11.6 Å². The van der Waals surface area contributed by atoms with Crippen molar-refractivity contribution < 1.29 is 23.1 Å². The van der Waals surface area contributed by atoms with Gasteiger partial charge in [-0.05, 0) is 30.7 Å². The lowest BCUT2D eigenvalue weighted by atomic mass is 10.2. The first kappa shape index (κ1) is 20.1. The van der Waals surface area contributed by atoms with Gasteiger partial charge in [0.25, 0.3) is 0 Å². The van der Waals surface area contributed by atoms with Crippen LogP contribution in [-0.4, -0.2) is 47.9 Å². The largest absolute Gasteiger partial charge is 0.497 e. The van der Waals surface area contributed by atoms with Gasteiger partial charge in [0.2, 0.25) is 10.0 Å². The van der Waals surface area contributed by atoms with E-state index in [1.807, 2.05) is 0 Å². The molecule has 0 saturated carbocycles. The first-order valence-electron chi connectivity index (χ1n) is 8.16. The number of aromatic amines is 1. The van der Waals surface area contributed by atoms with Crippen molar-refractivity contribution in [3.8, 4) is 5.75 Å². The van der Waals surface area contributed by atoms with Gasteiger partial charge < -0.3 is 14.8 Å². The number of carbonyl (C=O) groups is 1. The van der Waals surface area contributed by atoms with Crippen LogP contribution in [0.2, 0.25) is 5.02 Å². The molecule has 28 heavy (non-hydrogen) atoms. The summed E-state index contributed by atoms with van der Waals surface area (Å²) in [6.45, 7) is 1.55. The van der Waals surface area contributed by atoms with Crippen molar-refractivity contribution in [1.29, 1.82) is 0 Å². The number of rotatable bonds is 6. The van der Waals surface area contributed by atoms with Crippen LogP contribution in [-0.2, 0) is 16.6 Å². The third-order valence-electron chi connectivity index (χ3n) is 4.28. The summed E-state index contributed by atoms with van der Waals surface area (Å²) in [5.41, 5.74) is 1.30. The molecular weight excluding hydrogens is 406 g/mol. The number of imidazole rings is 1. The van der Waals surface area contributed by atoms with Crippen molar-refractivity contribution in [2.24, 2.45) is 0 Å². The van der Waals surface area contributed by atoms with E-state index in [9.17, 15) is 18.3 Å². The number of hydrogen-bond acceptors (Lipinski definition) is 5. The number of fused-ring (bicyclic) bond motifs is 1. The molecule has 148 valence electrons. The molecule has 0 saturated heterocycles. The standard InChI is InChI=1S/C18H18ClN3O5S/c1-10-7-11(27-3)8-13(19)17(10)28(25,26)22(2)9-15-20-14-6-4-5-12(18(23)24)16(14)21-15/h4-8H,9H2,1-3H3,(H,20,21)(H,23,24). The fourth-order valence-corrected chi connectivity index (χ4v) is 4.86. The Balaban J connectivity index is 1.97. The zero-order valence-electron chi connectivity index (χ0n) is 15.4. The van der Waals surface area contributed by atoms with E-state index in [2.05, 4.69) is 9.97 Å². The number of carboxylic acid groups (broad SMARTS) is 1. The minimum atomic E-state index is -3.92. The molecule has 2 N–H and O–H groups in total. The van der Waals surface area contributed by atoms with E-state index in [0.29, 0.717) is 28.2 Å². The van der Waals surface area contributed by atoms with Gasteiger partial charge in [0.05, 0.1) is 35.3 Å². The Labute approximate surface area is 166 Å². The van der Waals surface area contributed by atoms with Crippen molar-refractivity contribution >= 4 is 38.6 Å². The van der Waals surface area contributed by atoms with Crippen LogP contribution in [0.25, 0.3) is 11.0 Å². The lowest BCUT2D eigenvalue weighted by Gasteiger charge is -2.19. The zero-order chi connectivity index (χ0) is 20.6. The number of methoxy groups -OCH3 is 1. The predicted octanol–water partition coefficient (Wildman–Crippen LogP) is 3.05. The second kappa shape index (κ2) is 7.42. The van der Waals surface area contributed by atoms with E-state index >= 15 is 0 Å². The van der Waals surface area contributed by atoms with E-state index in [4.69, 9.17) is 16.3 Å². The summed E-state index contributed by atoms with van der Waals surface area (Å²) in [5.74, 6) is -0.318. The molecule has 1 aromatic heterocycles. The summed E-state index contributed by atoms with van der Waals surface area (Å²) in [5, 5.41) is 9.33. The number of sulfonamides is 1. The summed E-state index contributed by atoms with van der Waals surface area (Å²) in [4.78, 5) is 18.5. The molecule has 0 aliphatic carbocycles. The van der Waals surface area contributed by atoms with Crippen LogP contribution in [0.5, 0.6) is 5.75 Å². The number of para-hydroxylation sites is 1. The van der Waals surface area contributed by atoms with Crippen LogP contribution in [0.1, 0.15) is 21.7 Å². The number of carboxylic acids is 1. The fourth-order valence-electron chi connectivity index (χ4n) is 2.93. The molecule has 3 aromatic rings. The number of hydrogen-bond donors (Lipinski definition) is 2. The van der Waals surface area contributed by atoms with E-state index < -0.39 is 16.0 Å². The van der Waals surface area contributed by atoms with E-state index in [0.717, 1.165) is 4.31 Å². The molecule has 0 amide bonds. The van der Waals surface area contributed by atoms with Crippen LogP contribution in [0, 0.1) is 6.92 Å². The molecule has 2 aromatic carbocycles. The highest BCUT2D eigenvalue weighted by Crippen LogP contribution is 2.32. The van der Waals surface area contributed by atoms with Gasteiger partial charge in [0, 0.05) is 13.1 Å². The van der Waals surface area contributed by atoms with Crippen molar-refractivity contribution in [3.63, 3.8) is 0 Å². The predicted molar refractivity (Wildman–Crippen MR) is 104 cm³/mol. The summed E-state index contributed by atoms with van der Waals surface area (Å²) >= 11 is 6.19. The van der Waals surface area contributed by atoms with Crippen LogP contribution in [0.15, 0.2) is 35.2 Å². The highest BCUT2D eigenvalue weighted by molar-refractivity contribution is 7.89. The van der Waals surface area contributed by atoms with Gasteiger partial charge in [-0.15, -0.1) is 0 Å². The topological polar surface area (TPSA) is 113 Å². The lowest BCUT2D eigenvalue weighted by Crippen LogP contribution is -2.28. The number of benzene rings is 2. The van der Waals surface area contributed by atoms with Crippen molar-refractivity contribution in [1.82, 2.24) is 14.3 Å². The number of aromatic carboxylic acids is 1. The number of H-pyrrole nitrogens is 1. The SMILES string of the molecule is COc1cc(C)c(S(=O)(=O)N(C)Cc2nc3cccc(C(=O)O)c3[nH]2)c(Cl)c1. The highest BCUT2D eigenvalue weighted by atomic mass is 35.5. The Kier molecular flexibility index (Phi) is 5.33. The average Bonchev–Trinajstić information content (AvgIpc) is 3.02. The summed E-state index contributed by atoms with van der Waals surface area (Å²) in [6.07, 6.45) is 0. The van der Waals surface area contributed by atoms with E-state index in [-0.39, 0.29) is 22.0 Å². The number of aryl methyl sites for hydroxylation is 1. The van der Waals surface area contributed by atoms with Gasteiger partial charge in [0.15, 0.2) is 0 Å². The second-order valence-corrected chi connectivity index (χ2v) is 8.59. The van der Waals surface area contributed by atoms with E-state index in [1.54, 1.807) is 25.1 Å². The maximum absolute atomic E-state index is 13.0. The third kappa shape index (κ3) is 3.56. The molecule has 1 heterocycles. The van der Waals surface area contributed by atoms with E-state index in [1.165, 1.54) is 26.3 Å². The summed E-state index contributed by atoms with van der Waals surface area (Å²) in [6, 6.07) is 7.72. The van der Waals surface area contributed by atoms with Crippen LogP contribution < -0.4 is 4.74 Å². The van der Waals surface area contributed by atoms with Gasteiger partial charge in [-0.25, -0.2) is 18.2 Å². The molecule has 0 aliphatic rings. The van der Waals surface area contributed by atoms with Crippen molar-refractivity contribution in [2.75, 3.05) is 14.2 Å². The zero-order valence-corrected chi connectivity index (χ0v) is 16.9. The first-order chi connectivity index (χ1) is 13.1. The van der Waals surface area contributed by atoms with Crippen LogP contribution in [0.3, 0.4) is 0 Å². The summed E-state index contributed by atoms with van der Waals surface area (Å²) in [7, 11) is -1.04. The molecule has 0 radical (unpaired) electrons. The quantitative estimate of drug-likeness (QED) is 0.630. The average molecular weight is 424 g/mol. The number of nitrogens with one attached hydrogen (secondary N) is 1. The van der Waals surface area contributed by atoms with Crippen molar-refractivity contribution in [3.05, 3.63) is 52.3 Å². The fraction of sp³-hybridized carbons (Fsp3) is 0.222. The molecule has 0 atom stereocenters. The maximum atomic E-state index is 13.0. The smallest absolute Gasteiger partial charge is 0.337 e. The Morgan fingerprint density at radius 2 is 2.07 bits per heavy atom. The maximum Gasteiger partial charge on any atom is 0.337 e. The Morgan fingerprint density at radius 3 is 2.68 bits per heavy atom. The Hall–Kier alpha value is -2.62. The molecule has 0 bridgehead atoms. The Bertz CT molecular complexity index is 1150. The normalized spacial score (nSPS) is 11.9. The molecule has 0 fully saturated rings. The van der Waals surface area contributed by atoms with Crippen molar-refractivity contribution in [2.45, 2.75) is 18.4 Å². The van der Waals surface area contributed by atoms with Gasteiger partial charge in [-0.2, -0.15) is 4.31 Å². The molecular formula is C18H18ClN3O5S. The molecule has 10 heteroatoms. The Morgan fingerprint density at radius 1 is 1.36 bits per heavy atom. The highest BCUT2D eigenvalue weighted by Gasteiger charge is 2.27. The second-order valence-electron chi connectivity index (χ2n) is 6.20. The minimum absolute atomic E-state index is 0.0141. The van der Waals surface area contributed by atoms with Gasteiger partial charge >= 0.3 is 5.97 Å². The summed E-state index contributed by atoms with van der Waals surface area (Å²) < 4.78 is 32.3. The number of halogens is 1. The van der Waals surface area contributed by atoms with Gasteiger partial charge in [0.1, 0.15) is 16.5 Å². The molecule has 3 rings (SSSR count).